The Morgan fingerprint density at radius 1 is 1.00 bits per heavy atom. The fourth-order valence-electron chi connectivity index (χ4n) is 1.88. The van der Waals surface area contributed by atoms with Crippen molar-refractivity contribution in [1.82, 2.24) is 10.6 Å². The molecule has 0 bridgehead atoms. The molecule has 1 fully saturated rings. The van der Waals surface area contributed by atoms with Gasteiger partial charge < -0.3 is 20.1 Å². The van der Waals surface area contributed by atoms with Gasteiger partial charge in [-0.3, -0.25) is 4.79 Å². The highest BCUT2D eigenvalue weighted by Gasteiger charge is 2.23. The van der Waals surface area contributed by atoms with Crippen LogP contribution in [0.5, 0.6) is 0 Å². The lowest BCUT2D eigenvalue weighted by atomic mass is 10.1. The third kappa shape index (κ3) is 31.4. The minimum Gasteiger partial charge on any atom is -0.447 e. The summed E-state index contributed by atoms with van der Waals surface area (Å²) in [4.78, 5) is 21.7. The average molecular weight is 421 g/mol. The molecular weight excluding hydrogens is 368 g/mol. The summed E-state index contributed by atoms with van der Waals surface area (Å²) in [6, 6.07) is 0. The fourth-order valence-corrected chi connectivity index (χ4v) is 1.88. The van der Waals surface area contributed by atoms with Crippen molar-refractivity contribution in [1.29, 1.82) is 0 Å². The fraction of sp³-hybridized carbons (Fsp3) is 0.826. The number of amides is 2. The number of rotatable bonds is 11. The highest BCUT2D eigenvalue weighted by Crippen LogP contribution is 2.08. The molecule has 6 heteroatoms. The number of hydrogen-bond acceptors (Lipinski definition) is 4. The summed E-state index contributed by atoms with van der Waals surface area (Å²) in [7, 11) is 0. The second-order valence-electron chi connectivity index (χ2n) is 7.05. The third-order valence-corrected chi connectivity index (χ3v) is 3.47. The van der Waals surface area contributed by atoms with Crippen LogP contribution >= 0.6 is 0 Å². The molecule has 1 heterocycles. The molecule has 1 atom stereocenters. The van der Waals surface area contributed by atoms with Crippen LogP contribution in [0.2, 0.25) is 0 Å². The number of nitrogens with one attached hydrogen (secondary N) is 2. The Morgan fingerprint density at radius 3 is 1.83 bits per heavy atom. The maximum absolute atomic E-state index is 11.0. The van der Waals surface area contributed by atoms with Gasteiger partial charge in [0.05, 0.1) is 6.61 Å². The summed E-state index contributed by atoms with van der Waals surface area (Å²) in [5, 5.41) is 5.44. The van der Waals surface area contributed by atoms with E-state index in [0.29, 0.717) is 19.1 Å². The molecule has 0 aromatic carbocycles. The molecule has 6 nitrogen and oxygen atoms in total. The van der Waals surface area contributed by atoms with Gasteiger partial charge in [0.15, 0.2) is 0 Å². The zero-order chi connectivity index (χ0) is 19.1. The van der Waals surface area contributed by atoms with Crippen LogP contribution in [0.15, 0.2) is 12.7 Å². The lowest BCUT2D eigenvalue weighted by Crippen LogP contribution is -2.26. The molecule has 2 N–H and O–H groups in total. The Hall–Kier alpha value is -1.56. The normalized spacial score (nSPS) is 13.1. The van der Waals surface area contributed by atoms with Crippen LogP contribution in [0.1, 0.15) is 83.1 Å². The minimum atomic E-state index is -0.329. The maximum atomic E-state index is 11.0. The first-order valence-electron chi connectivity index (χ1n) is 9.27. The van der Waals surface area contributed by atoms with Crippen molar-refractivity contribution in [2.24, 2.45) is 11.8 Å². The number of carbonyl (C=O) groups excluding carboxylic acids is 2. The Labute approximate surface area is 182 Å². The van der Waals surface area contributed by atoms with E-state index in [4.69, 9.17) is 9.47 Å². The van der Waals surface area contributed by atoms with Gasteiger partial charge in [-0.25, -0.2) is 4.79 Å². The second-order valence-corrected chi connectivity index (χ2v) is 7.05. The van der Waals surface area contributed by atoms with Gasteiger partial charge in [0.1, 0.15) is 12.7 Å². The van der Waals surface area contributed by atoms with E-state index >= 15 is 0 Å². The van der Waals surface area contributed by atoms with Crippen molar-refractivity contribution in [2.45, 2.75) is 89.2 Å². The van der Waals surface area contributed by atoms with Crippen molar-refractivity contribution in [3.05, 3.63) is 12.7 Å². The number of hydrogen-bond donors (Lipinski definition) is 2. The molecule has 0 aliphatic carbocycles. The van der Waals surface area contributed by atoms with E-state index in [1.807, 2.05) is 0 Å². The first-order chi connectivity index (χ1) is 11.8. The molecule has 1 aliphatic rings. The predicted octanol–water partition coefficient (Wildman–Crippen LogP) is 5.82. The SMILES string of the molecule is C.C.C.C.C=CC(=O)NCCCC(C)C.CC(C)CCCNC(=O)OCC1CO1. The molecule has 1 unspecified atom stereocenters. The molecule has 0 radical (unpaired) electrons. The van der Waals surface area contributed by atoms with Gasteiger partial charge >= 0.3 is 6.09 Å². The molecule has 0 saturated carbocycles. The van der Waals surface area contributed by atoms with Crippen LogP contribution in [-0.4, -0.2) is 44.4 Å². The summed E-state index contributed by atoms with van der Waals surface area (Å²) in [6.07, 6.45) is 5.48. The molecule has 0 aromatic heterocycles. The van der Waals surface area contributed by atoms with E-state index in [1.54, 1.807) is 0 Å². The van der Waals surface area contributed by atoms with Crippen molar-refractivity contribution >= 4 is 12.0 Å². The molecule has 0 aromatic rings. The zero-order valence-electron chi connectivity index (χ0n) is 16.3. The van der Waals surface area contributed by atoms with Crippen molar-refractivity contribution in [2.75, 3.05) is 26.3 Å². The smallest absolute Gasteiger partial charge is 0.407 e. The van der Waals surface area contributed by atoms with Gasteiger partial charge in [0, 0.05) is 13.1 Å². The van der Waals surface area contributed by atoms with Crippen molar-refractivity contribution in [3.63, 3.8) is 0 Å². The first kappa shape index (κ1) is 38.1. The molecule has 1 rings (SSSR count). The summed E-state index contributed by atoms with van der Waals surface area (Å²) in [6.45, 7) is 14.6. The molecule has 2 amide bonds. The van der Waals surface area contributed by atoms with E-state index < -0.39 is 0 Å². The Morgan fingerprint density at radius 2 is 1.45 bits per heavy atom. The van der Waals surface area contributed by atoms with Gasteiger partial charge in [0.2, 0.25) is 5.91 Å². The van der Waals surface area contributed by atoms with Crippen LogP contribution in [-0.2, 0) is 14.3 Å². The Bertz CT molecular complexity index is 381. The van der Waals surface area contributed by atoms with Crippen molar-refractivity contribution < 1.29 is 19.1 Å². The molecular formula is C23H52N2O4. The molecule has 178 valence electrons. The second kappa shape index (κ2) is 24.5. The monoisotopic (exact) mass is 420 g/mol. The summed E-state index contributed by atoms with van der Waals surface area (Å²) in [5.74, 6) is 1.33. The first-order valence-corrected chi connectivity index (χ1v) is 9.27. The van der Waals surface area contributed by atoms with Crippen LogP contribution < -0.4 is 10.6 Å². The summed E-state index contributed by atoms with van der Waals surface area (Å²) < 4.78 is 9.81. The Balaban J connectivity index is -0.000000119. The molecule has 0 spiro atoms. The molecule has 1 saturated heterocycles. The number of carbonyl (C=O) groups is 2. The molecule has 29 heavy (non-hydrogen) atoms. The van der Waals surface area contributed by atoms with Gasteiger partial charge in [-0.05, 0) is 43.6 Å². The molecule has 1 aliphatic heterocycles. The van der Waals surface area contributed by atoms with E-state index in [0.717, 1.165) is 44.8 Å². The lowest BCUT2D eigenvalue weighted by Gasteiger charge is -2.06. The van der Waals surface area contributed by atoms with Gasteiger partial charge in [-0.15, -0.1) is 0 Å². The van der Waals surface area contributed by atoms with Crippen LogP contribution in [0.4, 0.5) is 4.79 Å². The van der Waals surface area contributed by atoms with E-state index in [-0.39, 0.29) is 47.8 Å². The predicted molar refractivity (Wildman–Crippen MR) is 127 cm³/mol. The Kier molecular flexibility index (Phi) is 32.2. The highest BCUT2D eigenvalue weighted by atomic mass is 16.6. The van der Waals surface area contributed by atoms with Gasteiger partial charge in [0.25, 0.3) is 0 Å². The average Bonchev–Trinajstić information content (AvgIpc) is 3.38. The number of alkyl carbamates (subject to hydrolysis) is 1. The van der Waals surface area contributed by atoms with Crippen LogP contribution in [0.25, 0.3) is 0 Å². The summed E-state index contributed by atoms with van der Waals surface area (Å²) in [5.41, 5.74) is 0. The number of epoxide rings is 1. The number of ether oxygens (including phenoxy) is 2. The zero-order valence-corrected chi connectivity index (χ0v) is 16.3. The lowest BCUT2D eigenvalue weighted by molar-refractivity contribution is -0.116. The van der Waals surface area contributed by atoms with E-state index in [2.05, 4.69) is 44.9 Å². The van der Waals surface area contributed by atoms with Crippen molar-refractivity contribution in [3.8, 4) is 0 Å². The van der Waals surface area contributed by atoms with Crippen LogP contribution in [0.3, 0.4) is 0 Å². The van der Waals surface area contributed by atoms with Gasteiger partial charge in [-0.2, -0.15) is 0 Å². The standard InChI is InChI=1S/C10H19NO3.C9H17NO.4CH4/c1-8(2)4-3-5-11-10(12)14-7-9-6-13-9;1-4-9(11)10-7-5-6-8(2)3;;;;/h8-9H,3-7H2,1-2H3,(H,11,12);4,8H,1,5-7H2,2-3H3,(H,10,11);4*1H4. The largest absolute Gasteiger partial charge is 0.447 e. The maximum Gasteiger partial charge on any atom is 0.407 e. The van der Waals surface area contributed by atoms with E-state index in [9.17, 15) is 9.59 Å². The van der Waals surface area contributed by atoms with Gasteiger partial charge in [-0.1, -0.05) is 64.0 Å². The quantitative estimate of drug-likeness (QED) is 0.251. The topological polar surface area (TPSA) is 80.0 Å². The summed E-state index contributed by atoms with van der Waals surface area (Å²) >= 11 is 0. The van der Waals surface area contributed by atoms with E-state index in [1.165, 1.54) is 6.08 Å². The minimum absolute atomic E-state index is 0. The highest BCUT2D eigenvalue weighted by molar-refractivity contribution is 5.86. The van der Waals surface area contributed by atoms with Crippen LogP contribution in [0, 0.1) is 11.8 Å². The third-order valence-electron chi connectivity index (χ3n) is 3.47.